The van der Waals surface area contributed by atoms with Gasteiger partial charge in [-0.2, -0.15) is 10.2 Å². The first-order valence-corrected chi connectivity index (χ1v) is 12.1. The van der Waals surface area contributed by atoms with Gasteiger partial charge in [-0.1, -0.05) is 18.5 Å². The predicted octanol–water partition coefficient (Wildman–Crippen LogP) is 3.23. The van der Waals surface area contributed by atoms with E-state index >= 15 is 0 Å². The number of hydrogen-bond donors (Lipinski definition) is 1. The van der Waals surface area contributed by atoms with Gasteiger partial charge in [0.05, 0.1) is 29.2 Å². The number of halogens is 1. The fraction of sp³-hybridized carbons (Fsp3) is 0.609. The molecule has 5 heterocycles. The molecule has 0 aromatic carbocycles. The molecule has 0 amide bonds. The quantitative estimate of drug-likeness (QED) is 0.653. The molecule has 5 aliphatic rings. The second-order valence-corrected chi connectivity index (χ2v) is 10.2. The van der Waals surface area contributed by atoms with Crippen molar-refractivity contribution in [2.24, 2.45) is 11.8 Å². The van der Waals surface area contributed by atoms with Crippen molar-refractivity contribution in [1.82, 2.24) is 29.9 Å². The van der Waals surface area contributed by atoms with E-state index in [9.17, 15) is 0 Å². The molecule has 2 saturated heterocycles. The minimum atomic E-state index is 0.286. The molecular formula is C23H30ClN7O. The molecule has 3 aliphatic carbocycles. The van der Waals surface area contributed by atoms with Crippen LogP contribution < -0.4 is 10.2 Å². The maximum atomic E-state index is 6.51. The van der Waals surface area contributed by atoms with E-state index in [1.807, 2.05) is 23.1 Å². The molecule has 3 saturated carbocycles. The summed E-state index contributed by atoms with van der Waals surface area (Å²) in [5.74, 6) is 2.60. The van der Waals surface area contributed by atoms with Gasteiger partial charge < -0.3 is 15.0 Å². The molecule has 8 nitrogen and oxygen atoms in total. The van der Waals surface area contributed by atoms with Crippen LogP contribution >= 0.6 is 11.6 Å². The Labute approximate surface area is 192 Å². The van der Waals surface area contributed by atoms with E-state index in [2.05, 4.69) is 38.2 Å². The zero-order chi connectivity index (χ0) is 21.7. The zero-order valence-corrected chi connectivity index (χ0v) is 19.3. The van der Waals surface area contributed by atoms with E-state index < -0.39 is 0 Å². The number of fused-ring (bicyclic) bond motifs is 1. The number of ether oxygens (including phenoxy) is 1. The van der Waals surface area contributed by atoms with Crippen molar-refractivity contribution in [2.75, 3.05) is 44.3 Å². The Kier molecular flexibility index (Phi) is 5.12. The van der Waals surface area contributed by atoms with Crippen LogP contribution in [0.4, 0.5) is 5.82 Å². The molecule has 2 aliphatic heterocycles. The summed E-state index contributed by atoms with van der Waals surface area (Å²) in [6.45, 7) is 7.91. The maximum absolute atomic E-state index is 6.51. The molecule has 1 N–H and O–H groups in total. The Morgan fingerprint density at radius 1 is 1.16 bits per heavy atom. The van der Waals surface area contributed by atoms with Crippen molar-refractivity contribution in [3.05, 3.63) is 29.7 Å². The second-order valence-electron chi connectivity index (χ2n) is 9.81. The molecule has 1 atom stereocenters. The Morgan fingerprint density at radius 2 is 1.97 bits per heavy atom. The van der Waals surface area contributed by atoms with Crippen molar-refractivity contribution in [3.8, 4) is 5.69 Å². The van der Waals surface area contributed by atoms with E-state index in [4.69, 9.17) is 21.3 Å². The summed E-state index contributed by atoms with van der Waals surface area (Å²) >= 11 is 6.51. The standard InChI is InChI=1S/C18H20ClN7.C5H10O/c19-15-5-13-9-22-26(16(13)23-17(15)24-3-1-20-2-4-24)14-10-21-25(11-14)18-6-12(7-18)8-18;1-5-2-3-6-4-5/h5,9-12,20H,1-4,6-8H2;5H,2-4H2,1H3. The number of piperazine rings is 1. The Morgan fingerprint density at radius 3 is 2.59 bits per heavy atom. The summed E-state index contributed by atoms with van der Waals surface area (Å²) in [4.78, 5) is 7.12. The molecule has 5 fully saturated rings. The first kappa shape index (κ1) is 20.4. The fourth-order valence-corrected chi connectivity index (χ4v) is 5.54. The summed E-state index contributed by atoms with van der Waals surface area (Å²) in [5, 5.41) is 14.2. The highest BCUT2D eigenvalue weighted by Crippen LogP contribution is 2.62. The van der Waals surface area contributed by atoms with E-state index in [1.165, 1.54) is 25.7 Å². The molecule has 1 unspecified atom stereocenters. The van der Waals surface area contributed by atoms with Crippen molar-refractivity contribution in [1.29, 1.82) is 0 Å². The molecule has 8 rings (SSSR count). The van der Waals surface area contributed by atoms with Crippen LogP contribution in [-0.4, -0.2) is 63.9 Å². The summed E-state index contributed by atoms with van der Waals surface area (Å²) in [5.41, 5.74) is 2.08. The van der Waals surface area contributed by atoms with Gasteiger partial charge in [0.15, 0.2) is 5.65 Å². The molecule has 0 radical (unpaired) electrons. The highest BCUT2D eigenvalue weighted by atomic mass is 35.5. The minimum Gasteiger partial charge on any atom is -0.381 e. The SMILES string of the molecule is CC1CCOC1.Clc1cc2cnn(-c3cnn(C45CC(C4)C5)c3)c2nc1N1CCNCC1. The summed E-state index contributed by atoms with van der Waals surface area (Å²) in [7, 11) is 0. The number of aromatic nitrogens is 5. The highest BCUT2D eigenvalue weighted by molar-refractivity contribution is 6.33. The molecule has 3 aromatic rings. The molecule has 170 valence electrons. The van der Waals surface area contributed by atoms with Gasteiger partial charge in [-0.05, 0) is 43.6 Å². The lowest BCUT2D eigenvalue weighted by atomic mass is 9.50. The Hall–Kier alpha value is -2.16. The number of nitrogens with zero attached hydrogens (tertiary/aromatic N) is 6. The predicted molar refractivity (Wildman–Crippen MR) is 125 cm³/mol. The zero-order valence-electron chi connectivity index (χ0n) is 18.5. The van der Waals surface area contributed by atoms with E-state index in [0.29, 0.717) is 5.02 Å². The van der Waals surface area contributed by atoms with Crippen LogP contribution in [0.25, 0.3) is 16.7 Å². The monoisotopic (exact) mass is 455 g/mol. The van der Waals surface area contributed by atoms with Crippen molar-refractivity contribution in [3.63, 3.8) is 0 Å². The Balaban J connectivity index is 0.000000285. The third kappa shape index (κ3) is 3.49. The van der Waals surface area contributed by atoms with Gasteiger partial charge in [-0.25, -0.2) is 9.67 Å². The topological polar surface area (TPSA) is 73.0 Å². The molecule has 0 spiro atoms. The lowest BCUT2D eigenvalue weighted by Crippen LogP contribution is -2.59. The molecule has 9 heteroatoms. The molecule has 32 heavy (non-hydrogen) atoms. The lowest BCUT2D eigenvalue weighted by Gasteiger charge is -2.61. The van der Waals surface area contributed by atoms with Crippen LogP contribution in [0.15, 0.2) is 24.7 Å². The number of pyridine rings is 1. The largest absolute Gasteiger partial charge is 0.381 e. The average molecular weight is 456 g/mol. The normalized spacial score (nSPS) is 28.8. The number of nitrogens with one attached hydrogen (secondary N) is 1. The van der Waals surface area contributed by atoms with E-state index in [-0.39, 0.29) is 5.54 Å². The molecular weight excluding hydrogens is 426 g/mol. The second kappa shape index (κ2) is 8.01. The van der Waals surface area contributed by atoms with Gasteiger partial charge in [-0.3, -0.25) is 4.68 Å². The van der Waals surface area contributed by atoms with Crippen molar-refractivity contribution >= 4 is 28.5 Å². The van der Waals surface area contributed by atoms with Gasteiger partial charge in [0.1, 0.15) is 11.5 Å². The van der Waals surface area contributed by atoms with Crippen LogP contribution in [0.3, 0.4) is 0 Å². The number of rotatable bonds is 3. The van der Waals surface area contributed by atoms with Crippen molar-refractivity contribution < 1.29 is 4.74 Å². The lowest BCUT2D eigenvalue weighted by molar-refractivity contribution is -0.0977. The number of anilines is 1. The summed E-state index contributed by atoms with van der Waals surface area (Å²) in [6, 6.07) is 1.97. The maximum Gasteiger partial charge on any atom is 0.165 e. The molecule has 2 bridgehead atoms. The third-order valence-electron chi connectivity index (χ3n) is 7.36. The smallest absolute Gasteiger partial charge is 0.165 e. The van der Waals surface area contributed by atoms with Gasteiger partial charge in [-0.15, -0.1) is 0 Å². The first-order valence-electron chi connectivity index (χ1n) is 11.7. The van der Waals surface area contributed by atoms with Crippen LogP contribution in [-0.2, 0) is 10.3 Å². The van der Waals surface area contributed by atoms with Crippen LogP contribution in [0.5, 0.6) is 0 Å². The Bertz CT molecular complexity index is 1100. The number of hydrogen-bond acceptors (Lipinski definition) is 6. The summed E-state index contributed by atoms with van der Waals surface area (Å²) < 4.78 is 9.08. The third-order valence-corrected chi connectivity index (χ3v) is 7.64. The van der Waals surface area contributed by atoms with Gasteiger partial charge in [0, 0.05) is 44.8 Å². The molecule has 3 aromatic heterocycles. The van der Waals surface area contributed by atoms with Gasteiger partial charge >= 0.3 is 0 Å². The first-order chi connectivity index (χ1) is 15.6. The van der Waals surface area contributed by atoms with E-state index in [1.54, 1.807) is 0 Å². The van der Waals surface area contributed by atoms with Crippen LogP contribution in [0, 0.1) is 11.8 Å². The van der Waals surface area contributed by atoms with Gasteiger partial charge in [0.2, 0.25) is 0 Å². The van der Waals surface area contributed by atoms with Crippen LogP contribution in [0.2, 0.25) is 5.02 Å². The van der Waals surface area contributed by atoms with Crippen LogP contribution in [0.1, 0.15) is 32.6 Å². The highest BCUT2D eigenvalue weighted by Gasteiger charge is 2.58. The van der Waals surface area contributed by atoms with Crippen molar-refractivity contribution in [2.45, 2.75) is 38.1 Å². The van der Waals surface area contributed by atoms with Gasteiger partial charge in [0.25, 0.3) is 0 Å². The van der Waals surface area contributed by atoms with E-state index in [0.717, 1.165) is 73.8 Å². The fourth-order valence-electron chi connectivity index (χ4n) is 5.26. The average Bonchev–Trinajstić information content (AvgIpc) is 3.47. The summed E-state index contributed by atoms with van der Waals surface area (Å²) in [6.07, 6.45) is 10.9. The minimum absolute atomic E-state index is 0.286.